The van der Waals surface area contributed by atoms with Crippen LogP contribution in [0.2, 0.25) is 0 Å². The van der Waals surface area contributed by atoms with Crippen LogP contribution in [0.5, 0.6) is 5.75 Å². The maximum Gasteiger partial charge on any atom is 0.240 e. The van der Waals surface area contributed by atoms with Crippen molar-refractivity contribution in [2.75, 3.05) is 7.11 Å². The minimum atomic E-state index is -0.550. The number of ether oxygens (including phenoxy) is 1. The zero-order valence-corrected chi connectivity index (χ0v) is 12.6. The molecule has 1 heterocycles. The molecule has 0 bridgehead atoms. The average Bonchev–Trinajstić information content (AvgIpc) is 2.79. The van der Waals surface area contributed by atoms with Crippen molar-refractivity contribution < 1.29 is 14.3 Å². The molecule has 1 aliphatic heterocycles. The Morgan fingerprint density at radius 2 is 2.19 bits per heavy atom. The summed E-state index contributed by atoms with van der Waals surface area (Å²) in [5, 5.41) is 9.61. The van der Waals surface area contributed by atoms with Gasteiger partial charge >= 0.3 is 0 Å². The Kier molecular flexibility index (Phi) is 5.35. The molecule has 1 saturated heterocycles. The lowest BCUT2D eigenvalue weighted by molar-refractivity contribution is -0.121. The molecule has 1 N–H and O–H groups in total. The van der Waals surface area contributed by atoms with Gasteiger partial charge in [0.15, 0.2) is 5.17 Å². The maximum absolute atomic E-state index is 11.5. The number of benzene rings is 1. The van der Waals surface area contributed by atoms with E-state index >= 15 is 0 Å². The van der Waals surface area contributed by atoms with Gasteiger partial charge in [0.1, 0.15) is 5.75 Å². The number of rotatable bonds is 5. The Balaban J connectivity index is 1.96. The van der Waals surface area contributed by atoms with E-state index in [-0.39, 0.29) is 12.3 Å². The van der Waals surface area contributed by atoms with E-state index in [1.54, 1.807) is 13.3 Å². The number of hydrogen-bond donors (Lipinski definition) is 1. The second kappa shape index (κ2) is 7.24. The van der Waals surface area contributed by atoms with Crippen molar-refractivity contribution in [2.24, 2.45) is 10.2 Å². The van der Waals surface area contributed by atoms with Gasteiger partial charge in [-0.15, -0.1) is 5.10 Å². The fraction of sp³-hybridized carbons (Fsp3) is 0.231. The summed E-state index contributed by atoms with van der Waals surface area (Å²) < 4.78 is 5.05. The number of halogens is 1. The summed E-state index contributed by atoms with van der Waals surface area (Å²) in [6.45, 7) is 0. The van der Waals surface area contributed by atoms with Gasteiger partial charge in [0.2, 0.25) is 11.1 Å². The Morgan fingerprint density at radius 1 is 1.48 bits per heavy atom. The molecule has 1 aromatic rings. The fourth-order valence-corrected chi connectivity index (χ4v) is 2.74. The van der Waals surface area contributed by atoms with E-state index in [9.17, 15) is 9.59 Å². The molecule has 1 atom stereocenters. The number of amides is 1. The fourth-order valence-electron chi connectivity index (χ4n) is 1.57. The molecule has 1 unspecified atom stereocenters. The zero-order valence-electron chi connectivity index (χ0n) is 11.1. The topological polar surface area (TPSA) is 80.1 Å². The molecule has 2 rings (SSSR count). The van der Waals surface area contributed by atoms with Gasteiger partial charge in [-0.05, 0) is 41.4 Å². The van der Waals surface area contributed by atoms with Gasteiger partial charge < -0.3 is 10.1 Å². The molecule has 0 aliphatic carbocycles. The molecule has 1 amide bonds. The van der Waals surface area contributed by atoms with Crippen molar-refractivity contribution in [3.63, 3.8) is 0 Å². The van der Waals surface area contributed by atoms with Gasteiger partial charge in [0, 0.05) is 6.42 Å². The smallest absolute Gasteiger partial charge is 0.240 e. The van der Waals surface area contributed by atoms with E-state index in [1.165, 1.54) is 0 Å². The first-order valence-corrected chi connectivity index (χ1v) is 7.25. The molecular formula is C13H12ClN3O3S. The summed E-state index contributed by atoms with van der Waals surface area (Å²) in [6, 6.07) is 7.28. The summed E-state index contributed by atoms with van der Waals surface area (Å²) in [5.74, 6) is 0.470. The molecular weight excluding hydrogens is 314 g/mol. The molecule has 0 spiro atoms. The molecule has 0 radical (unpaired) electrons. The standard InChI is InChI=1S/C13H12ClN3O3S/c1-20-9-4-2-8(3-5-9)7-15-17-13-16-12(19)10(21-13)6-11(14)18/h2-5,7,10H,6H2,1H3,(H,16,17,19). The Hall–Kier alpha value is -1.86. The SMILES string of the molecule is COc1ccc(C=NN=C2NC(=O)C(CC(=O)Cl)S2)cc1. The van der Waals surface area contributed by atoms with E-state index in [2.05, 4.69) is 15.5 Å². The predicted octanol–water partition coefficient (Wildman–Crippen LogP) is 1.77. The van der Waals surface area contributed by atoms with Crippen molar-refractivity contribution in [3.8, 4) is 5.75 Å². The van der Waals surface area contributed by atoms with Crippen LogP contribution in [0.15, 0.2) is 34.5 Å². The lowest BCUT2D eigenvalue weighted by atomic mass is 10.2. The molecule has 0 saturated carbocycles. The number of hydrogen-bond acceptors (Lipinski definition) is 6. The summed E-state index contributed by atoms with van der Waals surface area (Å²) in [6.07, 6.45) is 1.53. The average molecular weight is 326 g/mol. The second-order valence-electron chi connectivity index (χ2n) is 4.08. The number of thioether (sulfide) groups is 1. The first kappa shape index (κ1) is 15.5. The van der Waals surface area contributed by atoms with Gasteiger partial charge in [0.25, 0.3) is 0 Å². The summed E-state index contributed by atoms with van der Waals surface area (Å²) in [7, 11) is 1.59. The number of nitrogens with one attached hydrogen (secondary N) is 1. The van der Waals surface area contributed by atoms with E-state index < -0.39 is 10.5 Å². The maximum atomic E-state index is 11.5. The molecule has 0 aromatic heterocycles. The van der Waals surface area contributed by atoms with Crippen molar-refractivity contribution in [1.29, 1.82) is 0 Å². The van der Waals surface area contributed by atoms with Crippen molar-refractivity contribution in [3.05, 3.63) is 29.8 Å². The van der Waals surface area contributed by atoms with Crippen LogP contribution in [0.1, 0.15) is 12.0 Å². The van der Waals surface area contributed by atoms with E-state index in [0.717, 1.165) is 23.1 Å². The quantitative estimate of drug-likeness (QED) is 0.508. The molecule has 8 heteroatoms. The first-order chi connectivity index (χ1) is 10.1. The second-order valence-corrected chi connectivity index (χ2v) is 5.69. The van der Waals surface area contributed by atoms with Crippen molar-refractivity contribution >= 4 is 45.9 Å². The third kappa shape index (κ3) is 4.57. The molecule has 110 valence electrons. The Labute approximate surface area is 130 Å². The van der Waals surface area contributed by atoms with Crippen LogP contribution >= 0.6 is 23.4 Å². The highest BCUT2D eigenvalue weighted by Gasteiger charge is 2.31. The van der Waals surface area contributed by atoms with Crippen molar-refractivity contribution in [2.45, 2.75) is 11.7 Å². The third-order valence-corrected chi connectivity index (χ3v) is 3.82. The lowest BCUT2D eigenvalue weighted by Gasteiger charge is -1.98. The van der Waals surface area contributed by atoms with E-state index in [1.807, 2.05) is 24.3 Å². The highest BCUT2D eigenvalue weighted by atomic mass is 35.5. The zero-order chi connectivity index (χ0) is 15.2. The minimum Gasteiger partial charge on any atom is -0.497 e. The Morgan fingerprint density at radius 3 is 2.81 bits per heavy atom. The molecule has 1 aromatic carbocycles. The number of carbonyl (C=O) groups excluding carboxylic acids is 2. The number of amidine groups is 1. The van der Waals surface area contributed by atoms with Crippen LogP contribution in [0.4, 0.5) is 0 Å². The number of methoxy groups -OCH3 is 1. The third-order valence-electron chi connectivity index (χ3n) is 2.59. The van der Waals surface area contributed by atoms with Gasteiger partial charge in [-0.1, -0.05) is 11.8 Å². The summed E-state index contributed by atoms with van der Waals surface area (Å²) >= 11 is 6.41. The van der Waals surface area contributed by atoms with Gasteiger partial charge in [-0.25, -0.2) is 0 Å². The van der Waals surface area contributed by atoms with E-state index in [0.29, 0.717) is 5.17 Å². The van der Waals surface area contributed by atoms with Crippen LogP contribution in [-0.4, -0.2) is 34.9 Å². The van der Waals surface area contributed by atoms with Gasteiger partial charge in [-0.3, -0.25) is 9.59 Å². The van der Waals surface area contributed by atoms with Crippen LogP contribution in [-0.2, 0) is 9.59 Å². The highest BCUT2D eigenvalue weighted by Crippen LogP contribution is 2.23. The molecule has 6 nitrogen and oxygen atoms in total. The van der Waals surface area contributed by atoms with Crippen LogP contribution in [0, 0.1) is 0 Å². The van der Waals surface area contributed by atoms with Crippen LogP contribution in [0.25, 0.3) is 0 Å². The number of carbonyl (C=O) groups is 2. The van der Waals surface area contributed by atoms with Crippen LogP contribution in [0.3, 0.4) is 0 Å². The predicted molar refractivity (Wildman–Crippen MR) is 83.0 cm³/mol. The highest BCUT2D eigenvalue weighted by molar-refractivity contribution is 8.15. The minimum absolute atomic E-state index is 0.0285. The van der Waals surface area contributed by atoms with Crippen LogP contribution < -0.4 is 10.1 Å². The largest absolute Gasteiger partial charge is 0.497 e. The Bertz CT molecular complexity index is 601. The van der Waals surface area contributed by atoms with E-state index in [4.69, 9.17) is 16.3 Å². The summed E-state index contributed by atoms with van der Waals surface area (Å²) in [4.78, 5) is 22.3. The lowest BCUT2D eigenvalue weighted by Crippen LogP contribution is -2.25. The van der Waals surface area contributed by atoms with Gasteiger partial charge in [0.05, 0.1) is 18.6 Å². The molecule has 1 aliphatic rings. The normalized spacial score (nSPS) is 20.0. The molecule has 21 heavy (non-hydrogen) atoms. The first-order valence-electron chi connectivity index (χ1n) is 5.99. The summed E-state index contributed by atoms with van der Waals surface area (Å²) in [5.41, 5.74) is 0.849. The number of nitrogens with zero attached hydrogens (tertiary/aromatic N) is 2. The van der Waals surface area contributed by atoms with Crippen molar-refractivity contribution in [1.82, 2.24) is 5.32 Å². The molecule has 1 fully saturated rings. The monoisotopic (exact) mass is 325 g/mol. The van der Waals surface area contributed by atoms with Gasteiger partial charge in [-0.2, -0.15) is 5.10 Å².